The summed E-state index contributed by atoms with van der Waals surface area (Å²) in [5.41, 5.74) is 28.9. The van der Waals surface area contributed by atoms with E-state index in [-0.39, 0.29) is 55.4 Å². The molecule has 0 N–H and O–H groups in total. The van der Waals surface area contributed by atoms with Crippen LogP contribution < -0.4 is 25.5 Å². The lowest BCUT2D eigenvalue weighted by molar-refractivity contribution is 0.332. The van der Waals surface area contributed by atoms with E-state index >= 15 is 0 Å². The minimum absolute atomic E-state index is 0.0128. The maximum Gasteiger partial charge on any atom is 0.264 e. The summed E-state index contributed by atoms with van der Waals surface area (Å²) in [7, 11) is 0. The molecule has 0 radical (unpaired) electrons. The van der Waals surface area contributed by atoms with Crippen LogP contribution in [0.5, 0.6) is 0 Å². The van der Waals surface area contributed by atoms with Gasteiger partial charge in [0, 0.05) is 43.2 Å². The van der Waals surface area contributed by atoms with Gasteiger partial charge >= 0.3 is 0 Å². The lowest BCUT2D eigenvalue weighted by Crippen LogP contribution is -2.61. The molecule has 4 aliphatic carbocycles. The largest absolute Gasteiger partial charge is 0.311 e. The number of nitrogens with zero attached hydrogens (tertiary/aromatic N) is 2. The summed E-state index contributed by atoms with van der Waals surface area (Å²) >= 11 is 2.10. The molecule has 0 atom stereocenters. The average Bonchev–Trinajstić information content (AvgIpc) is 2.67. The highest BCUT2D eigenvalue weighted by Gasteiger charge is 2.50. The Kier molecular flexibility index (Phi) is 11.2. The molecular formula is C75H91BN2S. The average molecular weight is 1060 g/mol. The van der Waals surface area contributed by atoms with E-state index in [1.54, 1.807) is 5.56 Å². The topological polar surface area (TPSA) is 6.48 Å². The van der Waals surface area contributed by atoms with Gasteiger partial charge in [0.15, 0.2) is 0 Å². The number of benzene rings is 6. The molecule has 0 saturated heterocycles. The predicted octanol–water partition coefficient (Wildman–Crippen LogP) is 19.7. The first-order chi connectivity index (χ1) is 36.6. The van der Waals surface area contributed by atoms with Crippen molar-refractivity contribution in [2.24, 2.45) is 0 Å². The highest BCUT2D eigenvalue weighted by molar-refractivity contribution is 7.33. The Balaban J connectivity index is 1.18. The van der Waals surface area contributed by atoms with Crippen LogP contribution in [0.1, 0.15) is 239 Å². The van der Waals surface area contributed by atoms with Crippen molar-refractivity contribution >= 4 is 78.0 Å². The molecule has 0 amide bonds. The lowest BCUT2D eigenvalue weighted by Gasteiger charge is -2.48. The van der Waals surface area contributed by atoms with Gasteiger partial charge in [-0.1, -0.05) is 168 Å². The summed E-state index contributed by atoms with van der Waals surface area (Å²) < 4.78 is 2.91. The summed E-state index contributed by atoms with van der Waals surface area (Å²) in [6, 6.07) is 38.6. The Morgan fingerprint density at radius 1 is 0.430 bits per heavy atom. The van der Waals surface area contributed by atoms with Crippen LogP contribution in [-0.4, -0.2) is 6.71 Å². The lowest BCUT2D eigenvalue weighted by atomic mass is 9.35. The second-order valence-electron chi connectivity index (χ2n) is 32.5. The number of aryl methyl sites for hydroxylation is 1. The SMILES string of the molecule is Cc1cc2c3c(c1)N(c1ccc4c(c1)C(C)(C)CCC4(C)C)c1c(sc4cc5c(cc14)C(C)(C)CCC5(C)C)B3c1cc3c(cc1N2c1ccc(C(C)(C)C)cc1-c1cccc2c1C(C)(C)CCC2(C)C)C(C)(C)CCC3(C)C. The fourth-order valence-corrected chi connectivity index (χ4v) is 17.7. The van der Waals surface area contributed by atoms with E-state index in [0.717, 1.165) is 6.42 Å². The van der Waals surface area contributed by atoms with E-state index in [0.29, 0.717) is 0 Å². The van der Waals surface area contributed by atoms with Crippen LogP contribution in [0.3, 0.4) is 0 Å². The van der Waals surface area contributed by atoms with Crippen LogP contribution in [0.25, 0.3) is 21.2 Å². The van der Waals surface area contributed by atoms with E-state index in [9.17, 15) is 0 Å². The third-order valence-corrected chi connectivity index (χ3v) is 23.3. The van der Waals surface area contributed by atoms with Crippen molar-refractivity contribution in [2.75, 3.05) is 9.80 Å². The highest BCUT2D eigenvalue weighted by atomic mass is 32.1. The van der Waals surface area contributed by atoms with Crippen molar-refractivity contribution in [1.82, 2.24) is 0 Å². The monoisotopic (exact) mass is 1060 g/mol. The maximum atomic E-state index is 2.80. The highest BCUT2D eigenvalue weighted by Crippen LogP contribution is 2.58. The standard InChI is InChI=1S/C75H91BN2S/c1-44-36-60-64-61(37-44)78(58-27-24-45(67(2,3)4)38-48(58)47-22-21-23-51-63(47)75(19,20)35-34-69(51,7)8)59-42-55-54(72(13,14)31-32-73(55,15)16)41-57(59)76(64)66-65(49-40-53-56(43-62(49)79-66)74(17,18)33-30-71(53,11)12)77(60)46-25-26-50-52(39-46)70(9,10)29-28-68(50,5)6/h21-27,36-43H,28-35H2,1-20H3. The molecule has 2 nitrogen and oxygen atoms in total. The second kappa shape index (κ2) is 16.6. The minimum atomic E-state index is -0.0423. The summed E-state index contributed by atoms with van der Waals surface area (Å²) in [6.07, 6.45) is 9.47. The number of hydrogen-bond donors (Lipinski definition) is 0. The van der Waals surface area contributed by atoms with Gasteiger partial charge < -0.3 is 9.80 Å². The fourth-order valence-electron chi connectivity index (χ4n) is 16.3. The number of fused-ring (bicyclic) bond motifs is 10. The third kappa shape index (κ3) is 7.80. The van der Waals surface area contributed by atoms with Crippen molar-refractivity contribution < 1.29 is 0 Å². The first-order valence-corrected chi connectivity index (χ1v) is 31.4. The number of thiophene rings is 1. The van der Waals surface area contributed by atoms with Gasteiger partial charge in [0.2, 0.25) is 0 Å². The van der Waals surface area contributed by atoms with E-state index in [1.165, 1.54) is 166 Å². The van der Waals surface area contributed by atoms with Crippen molar-refractivity contribution in [3.63, 3.8) is 0 Å². The van der Waals surface area contributed by atoms with E-state index in [4.69, 9.17) is 0 Å². The van der Waals surface area contributed by atoms with Gasteiger partial charge in [0.25, 0.3) is 6.71 Å². The summed E-state index contributed by atoms with van der Waals surface area (Å²) in [5.74, 6) is 0. The molecule has 79 heavy (non-hydrogen) atoms. The molecule has 13 rings (SSSR count). The zero-order valence-electron chi connectivity index (χ0n) is 52.2. The van der Waals surface area contributed by atoms with Gasteiger partial charge in [-0.05, 0) is 234 Å². The zero-order valence-corrected chi connectivity index (χ0v) is 53.0. The number of anilines is 6. The van der Waals surface area contributed by atoms with E-state index < -0.39 is 0 Å². The Morgan fingerprint density at radius 3 is 1.53 bits per heavy atom. The van der Waals surface area contributed by atoms with Gasteiger partial charge in [0.05, 0.1) is 11.4 Å². The molecule has 1 aromatic heterocycles. The molecule has 6 aromatic carbocycles. The van der Waals surface area contributed by atoms with Gasteiger partial charge in [-0.2, -0.15) is 0 Å². The van der Waals surface area contributed by atoms with Crippen LogP contribution in [0, 0.1) is 6.92 Å². The van der Waals surface area contributed by atoms with Crippen LogP contribution >= 0.6 is 11.3 Å². The summed E-state index contributed by atoms with van der Waals surface area (Å²) in [6.45, 7) is 49.7. The third-order valence-electron chi connectivity index (χ3n) is 22.1. The summed E-state index contributed by atoms with van der Waals surface area (Å²) in [4.78, 5) is 5.59. The van der Waals surface area contributed by atoms with Gasteiger partial charge in [-0.25, -0.2) is 0 Å². The Hall–Kier alpha value is -5.06. The van der Waals surface area contributed by atoms with Crippen LogP contribution in [0.2, 0.25) is 0 Å². The van der Waals surface area contributed by atoms with Crippen LogP contribution in [0.4, 0.5) is 34.1 Å². The molecule has 410 valence electrons. The summed E-state index contributed by atoms with van der Waals surface area (Å²) in [5, 5.41) is 1.42. The smallest absolute Gasteiger partial charge is 0.264 e. The fraction of sp³-hybridized carbons (Fsp3) is 0.493. The quantitative estimate of drug-likeness (QED) is 0.163. The minimum Gasteiger partial charge on any atom is -0.311 e. The van der Waals surface area contributed by atoms with Crippen molar-refractivity contribution in [1.29, 1.82) is 0 Å². The van der Waals surface area contributed by atoms with Gasteiger partial charge in [-0.3, -0.25) is 0 Å². The second-order valence-corrected chi connectivity index (χ2v) is 33.6. The number of hydrogen-bond acceptors (Lipinski definition) is 3. The van der Waals surface area contributed by atoms with E-state index in [2.05, 4.69) is 251 Å². The Labute approximate surface area is 481 Å². The van der Waals surface area contributed by atoms with Gasteiger partial charge in [-0.15, -0.1) is 11.3 Å². The molecule has 3 heterocycles. The molecule has 6 aliphatic rings. The molecule has 0 spiro atoms. The van der Waals surface area contributed by atoms with Crippen molar-refractivity contribution in [2.45, 2.75) is 239 Å². The molecule has 2 aliphatic heterocycles. The van der Waals surface area contributed by atoms with Crippen molar-refractivity contribution in [3.8, 4) is 11.1 Å². The molecule has 0 fully saturated rings. The zero-order chi connectivity index (χ0) is 56.5. The molecule has 4 heteroatoms. The van der Waals surface area contributed by atoms with Gasteiger partial charge in [0.1, 0.15) is 0 Å². The molecule has 0 bridgehead atoms. The van der Waals surface area contributed by atoms with Crippen LogP contribution in [0.15, 0.2) is 91.0 Å². The Morgan fingerprint density at radius 2 is 0.937 bits per heavy atom. The normalized spacial score (nSPS) is 21.7. The molecule has 0 saturated carbocycles. The Bertz CT molecular complexity index is 3760. The predicted molar refractivity (Wildman–Crippen MR) is 346 cm³/mol. The maximum absolute atomic E-state index is 2.80. The number of rotatable bonds is 3. The van der Waals surface area contributed by atoms with Crippen LogP contribution in [-0.2, 0) is 48.7 Å². The van der Waals surface area contributed by atoms with Crippen molar-refractivity contribution in [3.05, 3.63) is 147 Å². The molecular weight excluding hydrogens is 972 g/mol. The first-order valence-electron chi connectivity index (χ1n) is 30.6. The molecule has 0 unspecified atom stereocenters. The van der Waals surface area contributed by atoms with E-state index in [1.807, 2.05) is 0 Å². The first kappa shape index (κ1) is 53.3. The molecule has 7 aromatic rings.